The molecule has 0 saturated carbocycles. The molecule has 3 aromatic rings. The van der Waals surface area contributed by atoms with Crippen molar-refractivity contribution in [3.05, 3.63) is 29.6 Å². The van der Waals surface area contributed by atoms with E-state index in [-0.39, 0.29) is 0 Å². The topological polar surface area (TPSA) is 87.1 Å². The first-order chi connectivity index (χ1) is 9.74. The minimum atomic E-state index is -0.661. The molecule has 102 valence electrons. The second-order valence-electron chi connectivity index (χ2n) is 4.91. The highest BCUT2D eigenvalue weighted by atomic mass is 32.1. The number of aromatic nitrogens is 3. The molecule has 1 atom stereocenters. The Balaban J connectivity index is 1.73. The summed E-state index contributed by atoms with van der Waals surface area (Å²) in [5, 5.41) is 6.02. The van der Waals surface area contributed by atoms with Crippen molar-refractivity contribution < 1.29 is 9.26 Å². The number of hydrogen-bond acceptors (Lipinski definition) is 7. The fourth-order valence-electron chi connectivity index (χ4n) is 2.26. The number of thiophene rings is 1. The number of hydrogen-bond donors (Lipinski definition) is 1. The van der Waals surface area contributed by atoms with Gasteiger partial charge in [0.25, 0.3) is 0 Å². The highest BCUT2D eigenvalue weighted by Crippen LogP contribution is 2.29. The Morgan fingerprint density at radius 3 is 3.20 bits per heavy atom. The van der Waals surface area contributed by atoms with Gasteiger partial charge < -0.3 is 15.0 Å². The van der Waals surface area contributed by atoms with Crippen molar-refractivity contribution in [1.82, 2.24) is 15.1 Å². The summed E-state index contributed by atoms with van der Waals surface area (Å²) in [5.74, 6) is 0.941. The summed E-state index contributed by atoms with van der Waals surface area (Å²) in [5.41, 5.74) is 7.36. The summed E-state index contributed by atoms with van der Waals surface area (Å²) in [4.78, 5) is 8.78. The summed E-state index contributed by atoms with van der Waals surface area (Å²) in [6.45, 7) is 1.04. The lowest BCUT2D eigenvalue weighted by Crippen LogP contribution is -2.37. The van der Waals surface area contributed by atoms with Gasteiger partial charge in [-0.25, -0.2) is 0 Å². The molecule has 1 aliphatic rings. The number of rotatable bonds is 2. The zero-order valence-corrected chi connectivity index (χ0v) is 11.4. The smallest absolute Gasteiger partial charge is 0.249 e. The molecule has 0 radical (unpaired) electrons. The van der Waals surface area contributed by atoms with Gasteiger partial charge in [0.05, 0.1) is 16.8 Å². The molecular weight excluding hydrogens is 276 g/mol. The molecule has 4 rings (SSSR count). The normalized spacial score (nSPS) is 22.6. The monoisotopic (exact) mass is 288 g/mol. The van der Waals surface area contributed by atoms with E-state index in [1.807, 2.05) is 17.5 Å². The first-order valence-corrected chi connectivity index (χ1v) is 7.17. The zero-order chi connectivity index (χ0) is 13.6. The van der Waals surface area contributed by atoms with Crippen LogP contribution in [0.5, 0.6) is 0 Å². The molecule has 0 aromatic carbocycles. The van der Waals surface area contributed by atoms with Crippen LogP contribution >= 0.6 is 11.3 Å². The SMILES string of the molecule is NC1(c2nc(-c3cnc4ccsc4c3)no2)CCOC1. The molecule has 0 aliphatic carbocycles. The third-order valence-corrected chi connectivity index (χ3v) is 4.32. The van der Waals surface area contributed by atoms with E-state index in [2.05, 4.69) is 15.1 Å². The predicted octanol–water partition coefficient (Wildman–Crippen LogP) is 1.92. The minimum Gasteiger partial charge on any atom is -0.379 e. The maximum atomic E-state index is 6.21. The van der Waals surface area contributed by atoms with Crippen LogP contribution in [-0.4, -0.2) is 28.3 Å². The van der Waals surface area contributed by atoms with Crippen molar-refractivity contribution in [3.8, 4) is 11.4 Å². The Bertz CT molecular complexity index is 760. The Morgan fingerprint density at radius 2 is 2.35 bits per heavy atom. The Labute approximate surface area is 118 Å². The van der Waals surface area contributed by atoms with Crippen molar-refractivity contribution >= 4 is 21.6 Å². The predicted molar refractivity (Wildman–Crippen MR) is 74.2 cm³/mol. The van der Waals surface area contributed by atoms with E-state index in [1.54, 1.807) is 17.5 Å². The van der Waals surface area contributed by atoms with Crippen LogP contribution < -0.4 is 5.73 Å². The number of nitrogens with two attached hydrogens (primary N) is 1. The van der Waals surface area contributed by atoms with E-state index >= 15 is 0 Å². The Kier molecular flexibility index (Phi) is 2.59. The van der Waals surface area contributed by atoms with Crippen molar-refractivity contribution in [2.24, 2.45) is 5.73 Å². The van der Waals surface area contributed by atoms with Gasteiger partial charge in [0, 0.05) is 18.4 Å². The van der Waals surface area contributed by atoms with Gasteiger partial charge in [0.1, 0.15) is 5.54 Å². The molecule has 6 nitrogen and oxygen atoms in total. The lowest BCUT2D eigenvalue weighted by Gasteiger charge is -2.14. The fraction of sp³-hybridized carbons (Fsp3) is 0.308. The fourth-order valence-corrected chi connectivity index (χ4v) is 3.04. The van der Waals surface area contributed by atoms with E-state index in [9.17, 15) is 0 Å². The van der Waals surface area contributed by atoms with Crippen LogP contribution in [0.25, 0.3) is 21.6 Å². The average molecular weight is 288 g/mol. The van der Waals surface area contributed by atoms with Gasteiger partial charge in [-0.2, -0.15) is 4.98 Å². The van der Waals surface area contributed by atoms with Crippen molar-refractivity contribution in [3.63, 3.8) is 0 Å². The molecule has 1 saturated heterocycles. The van der Waals surface area contributed by atoms with Crippen LogP contribution in [0.2, 0.25) is 0 Å². The number of nitrogens with zero attached hydrogens (tertiary/aromatic N) is 3. The quantitative estimate of drug-likeness (QED) is 0.775. The van der Waals surface area contributed by atoms with Gasteiger partial charge in [-0.3, -0.25) is 4.98 Å². The van der Waals surface area contributed by atoms with E-state index in [4.69, 9.17) is 15.0 Å². The van der Waals surface area contributed by atoms with E-state index in [1.165, 1.54) is 0 Å². The standard InChI is InChI=1S/C13H12N4O2S/c14-13(2-3-18-7-13)12-16-11(17-19-12)8-5-10-9(15-6-8)1-4-20-10/h1,4-6H,2-3,7,14H2. The molecule has 0 amide bonds. The summed E-state index contributed by atoms with van der Waals surface area (Å²) >= 11 is 1.63. The van der Waals surface area contributed by atoms with Crippen LogP contribution in [0, 0.1) is 0 Å². The van der Waals surface area contributed by atoms with Gasteiger partial charge in [-0.15, -0.1) is 11.3 Å². The molecule has 1 aliphatic heterocycles. The number of fused-ring (bicyclic) bond motifs is 1. The van der Waals surface area contributed by atoms with Crippen LogP contribution in [0.15, 0.2) is 28.2 Å². The maximum Gasteiger partial charge on any atom is 0.249 e. The Morgan fingerprint density at radius 1 is 1.40 bits per heavy atom. The van der Waals surface area contributed by atoms with Crippen molar-refractivity contribution in [2.75, 3.05) is 13.2 Å². The van der Waals surface area contributed by atoms with Crippen LogP contribution in [0.3, 0.4) is 0 Å². The summed E-state index contributed by atoms with van der Waals surface area (Å²) in [7, 11) is 0. The van der Waals surface area contributed by atoms with Gasteiger partial charge in [0.15, 0.2) is 0 Å². The van der Waals surface area contributed by atoms with E-state index in [0.29, 0.717) is 31.3 Å². The van der Waals surface area contributed by atoms with Gasteiger partial charge in [0.2, 0.25) is 11.7 Å². The summed E-state index contributed by atoms with van der Waals surface area (Å²) < 4.78 is 11.7. The third-order valence-electron chi connectivity index (χ3n) is 3.46. The van der Waals surface area contributed by atoms with Crippen LogP contribution in [0.1, 0.15) is 12.3 Å². The maximum absolute atomic E-state index is 6.21. The van der Waals surface area contributed by atoms with Gasteiger partial charge in [-0.05, 0) is 23.9 Å². The second kappa shape index (κ2) is 4.34. The lowest BCUT2D eigenvalue weighted by molar-refractivity contribution is 0.166. The van der Waals surface area contributed by atoms with Gasteiger partial charge in [-0.1, -0.05) is 5.16 Å². The summed E-state index contributed by atoms with van der Waals surface area (Å²) in [6, 6.07) is 3.99. The van der Waals surface area contributed by atoms with Crippen molar-refractivity contribution in [2.45, 2.75) is 12.0 Å². The molecule has 7 heteroatoms. The van der Waals surface area contributed by atoms with Crippen LogP contribution in [0.4, 0.5) is 0 Å². The van der Waals surface area contributed by atoms with E-state index in [0.717, 1.165) is 15.8 Å². The largest absolute Gasteiger partial charge is 0.379 e. The average Bonchev–Trinajstić information content (AvgIpc) is 3.18. The van der Waals surface area contributed by atoms with Gasteiger partial charge >= 0.3 is 0 Å². The minimum absolute atomic E-state index is 0.414. The molecule has 3 aromatic heterocycles. The van der Waals surface area contributed by atoms with Crippen molar-refractivity contribution in [1.29, 1.82) is 0 Å². The van der Waals surface area contributed by atoms with E-state index < -0.39 is 5.54 Å². The molecule has 4 heterocycles. The molecule has 20 heavy (non-hydrogen) atoms. The number of pyridine rings is 1. The van der Waals surface area contributed by atoms with Crippen LogP contribution in [-0.2, 0) is 10.3 Å². The highest BCUT2D eigenvalue weighted by molar-refractivity contribution is 7.17. The third kappa shape index (κ3) is 1.82. The molecule has 0 spiro atoms. The first-order valence-electron chi connectivity index (χ1n) is 6.29. The summed E-state index contributed by atoms with van der Waals surface area (Å²) in [6.07, 6.45) is 2.44. The number of ether oxygens (including phenoxy) is 1. The highest BCUT2D eigenvalue weighted by Gasteiger charge is 2.38. The molecule has 1 unspecified atom stereocenters. The zero-order valence-electron chi connectivity index (χ0n) is 10.6. The molecule has 1 fully saturated rings. The molecular formula is C13H12N4O2S. The Hall–Kier alpha value is -1.83. The molecule has 2 N–H and O–H groups in total. The lowest BCUT2D eigenvalue weighted by atomic mass is 10.0. The first kappa shape index (κ1) is 12.0. The molecule has 0 bridgehead atoms. The second-order valence-corrected chi connectivity index (χ2v) is 5.86.